The number of halogens is 1. The van der Waals surface area contributed by atoms with E-state index in [1.807, 2.05) is 0 Å². The second-order valence-electron chi connectivity index (χ2n) is 5.75. The number of benzene rings is 2. The van der Waals surface area contributed by atoms with Crippen LogP contribution in [0, 0.1) is 12.7 Å². The molecule has 0 heterocycles. The van der Waals surface area contributed by atoms with E-state index < -0.39 is 23.1 Å². The fourth-order valence-electron chi connectivity index (χ4n) is 2.70. The largest absolute Gasteiger partial charge is 0.481 e. The summed E-state index contributed by atoms with van der Waals surface area (Å²) in [6, 6.07) is 12.8. The van der Waals surface area contributed by atoms with Crippen molar-refractivity contribution in [1.29, 1.82) is 0 Å². The van der Waals surface area contributed by atoms with E-state index in [1.54, 1.807) is 44.2 Å². The number of carboxylic acids is 1. The molecular weight excluding hydrogens is 309 g/mol. The fourth-order valence-corrected chi connectivity index (χ4v) is 2.70. The predicted molar refractivity (Wildman–Crippen MR) is 89.5 cm³/mol. The zero-order valence-electron chi connectivity index (χ0n) is 13.7. The molecule has 0 saturated heterocycles. The molecule has 0 aromatic heterocycles. The number of rotatable bonds is 6. The summed E-state index contributed by atoms with van der Waals surface area (Å²) in [5.74, 6) is -2.00. The Morgan fingerprint density at radius 2 is 1.83 bits per heavy atom. The van der Waals surface area contributed by atoms with Crippen molar-refractivity contribution < 1.29 is 19.1 Å². The van der Waals surface area contributed by atoms with Crippen LogP contribution in [0.1, 0.15) is 34.8 Å². The highest BCUT2D eigenvalue weighted by Gasteiger charge is 2.39. The maximum atomic E-state index is 13.4. The van der Waals surface area contributed by atoms with Crippen LogP contribution in [0.2, 0.25) is 0 Å². The van der Waals surface area contributed by atoms with Gasteiger partial charge in [-0.25, -0.2) is 4.39 Å². The maximum Gasteiger partial charge on any atom is 0.315 e. The zero-order valence-corrected chi connectivity index (χ0v) is 13.7. The Morgan fingerprint density at radius 3 is 2.42 bits per heavy atom. The lowest BCUT2D eigenvalue weighted by Crippen LogP contribution is -2.46. The Hall–Kier alpha value is -2.69. The summed E-state index contributed by atoms with van der Waals surface area (Å²) in [5, 5.41) is 12.4. The van der Waals surface area contributed by atoms with Crippen LogP contribution >= 0.6 is 0 Å². The Kier molecular flexibility index (Phi) is 5.34. The first kappa shape index (κ1) is 17.7. The molecule has 0 aliphatic carbocycles. The number of carboxylic acid groups (broad SMARTS) is 1. The second kappa shape index (κ2) is 7.25. The minimum atomic E-state index is -1.22. The van der Waals surface area contributed by atoms with Gasteiger partial charge in [-0.2, -0.15) is 0 Å². The van der Waals surface area contributed by atoms with E-state index in [2.05, 4.69) is 5.32 Å². The number of carbonyl (C=O) groups is 2. The van der Waals surface area contributed by atoms with Crippen LogP contribution in [0.3, 0.4) is 0 Å². The maximum absolute atomic E-state index is 13.4. The van der Waals surface area contributed by atoms with E-state index in [9.17, 15) is 19.1 Å². The van der Waals surface area contributed by atoms with E-state index in [0.717, 1.165) is 6.07 Å². The molecule has 0 saturated carbocycles. The monoisotopic (exact) mass is 329 g/mol. The Bertz CT molecular complexity index is 746. The number of aryl methyl sites for hydroxylation is 1. The Morgan fingerprint density at radius 1 is 1.17 bits per heavy atom. The summed E-state index contributed by atoms with van der Waals surface area (Å²) >= 11 is 0. The van der Waals surface area contributed by atoms with Crippen LogP contribution in [-0.4, -0.2) is 23.5 Å². The third-order valence-corrected chi connectivity index (χ3v) is 4.33. The first-order chi connectivity index (χ1) is 11.4. The van der Waals surface area contributed by atoms with E-state index in [0.29, 0.717) is 17.5 Å². The van der Waals surface area contributed by atoms with Crippen molar-refractivity contribution in [2.45, 2.75) is 25.7 Å². The first-order valence-corrected chi connectivity index (χ1v) is 7.74. The average molecular weight is 329 g/mol. The Labute approximate surface area is 140 Å². The van der Waals surface area contributed by atoms with E-state index in [1.165, 1.54) is 12.1 Å². The van der Waals surface area contributed by atoms with Crippen LogP contribution in [0.15, 0.2) is 48.5 Å². The van der Waals surface area contributed by atoms with Crippen LogP contribution in [-0.2, 0) is 10.2 Å². The highest BCUT2D eigenvalue weighted by Crippen LogP contribution is 2.28. The van der Waals surface area contributed by atoms with Crippen molar-refractivity contribution in [3.63, 3.8) is 0 Å². The van der Waals surface area contributed by atoms with Crippen molar-refractivity contribution in [2.75, 3.05) is 6.54 Å². The van der Waals surface area contributed by atoms with Crippen LogP contribution in [0.5, 0.6) is 0 Å². The summed E-state index contributed by atoms with van der Waals surface area (Å²) in [5.41, 5.74) is 0.235. The van der Waals surface area contributed by atoms with Gasteiger partial charge in [0.15, 0.2) is 0 Å². The number of aliphatic carboxylic acids is 1. The van der Waals surface area contributed by atoms with Crippen molar-refractivity contribution in [2.24, 2.45) is 0 Å². The minimum absolute atomic E-state index is 0.0718. The molecule has 24 heavy (non-hydrogen) atoms. The molecule has 0 bridgehead atoms. The molecule has 1 atom stereocenters. The van der Waals surface area contributed by atoms with Gasteiger partial charge < -0.3 is 10.4 Å². The molecule has 2 aromatic rings. The van der Waals surface area contributed by atoms with E-state index in [4.69, 9.17) is 0 Å². The van der Waals surface area contributed by atoms with Gasteiger partial charge in [-0.15, -0.1) is 0 Å². The molecule has 0 aliphatic heterocycles. The highest BCUT2D eigenvalue weighted by molar-refractivity contribution is 5.96. The fraction of sp³-hybridized carbons (Fsp3) is 0.263. The molecule has 1 unspecified atom stereocenters. The summed E-state index contributed by atoms with van der Waals surface area (Å²) < 4.78 is 13.4. The molecule has 126 valence electrons. The molecule has 0 fully saturated rings. The van der Waals surface area contributed by atoms with Crippen molar-refractivity contribution in [3.05, 3.63) is 71.0 Å². The van der Waals surface area contributed by atoms with Gasteiger partial charge in [-0.3, -0.25) is 9.59 Å². The molecule has 1 amide bonds. The normalized spacial score (nSPS) is 13.1. The number of amides is 1. The van der Waals surface area contributed by atoms with Gasteiger partial charge in [0.05, 0.1) is 0 Å². The zero-order chi connectivity index (χ0) is 17.7. The van der Waals surface area contributed by atoms with Crippen molar-refractivity contribution >= 4 is 11.9 Å². The summed E-state index contributed by atoms with van der Waals surface area (Å²) in [4.78, 5) is 24.3. The second-order valence-corrected chi connectivity index (χ2v) is 5.75. The van der Waals surface area contributed by atoms with E-state index in [-0.39, 0.29) is 12.1 Å². The quantitative estimate of drug-likeness (QED) is 0.854. The summed E-state index contributed by atoms with van der Waals surface area (Å²) in [6.07, 6.45) is 0.314. The van der Waals surface area contributed by atoms with Gasteiger partial charge in [-0.05, 0) is 36.6 Å². The van der Waals surface area contributed by atoms with Gasteiger partial charge in [0, 0.05) is 12.1 Å². The van der Waals surface area contributed by atoms with Crippen molar-refractivity contribution in [3.8, 4) is 0 Å². The number of carbonyl (C=O) groups excluding carboxylic acids is 1. The third kappa shape index (κ3) is 3.45. The Balaban J connectivity index is 2.27. The molecule has 4 nitrogen and oxygen atoms in total. The van der Waals surface area contributed by atoms with Gasteiger partial charge in [0.2, 0.25) is 0 Å². The van der Waals surface area contributed by atoms with E-state index >= 15 is 0 Å². The van der Waals surface area contributed by atoms with Crippen molar-refractivity contribution in [1.82, 2.24) is 5.32 Å². The average Bonchev–Trinajstić information content (AvgIpc) is 2.58. The van der Waals surface area contributed by atoms with Gasteiger partial charge in [0.25, 0.3) is 5.91 Å². The summed E-state index contributed by atoms with van der Waals surface area (Å²) in [7, 11) is 0. The topological polar surface area (TPSA) is 66.4 Å². The van der Waals surface area contributed by atoms with Gasteiger partial charge >= 0.3 is 5.97 Å². The molecule has 0 aliphatic rings. The third-order valence-electron chi connectivity index (χ3n) is 4.33. The molecule has 2 rings (SSSR count). The molecular formula is C19H20FNO3. The number of nitrogens with one attached hydrogen (secondary N) is 1. The molecule has 0 spiro atoms. The predicted octanol–water partition coefficient (Wildman–Crippen LogP) is 3.30. The van der Waals surface area contributed by atoms with Gasteiger partial charge in [-0.1, -0.05) is 43.3 Å². The lowest BCUT2D eigenvalue weighted by atomic mass is 9.78. The van der Waals surface area contributed by atoms with Gasteiger partial charge in [0.1, 0.15) is 11.2 Å². The highest BCUT2D eigenvalue weighted by atomic mass is 19.1. The molecule has 2 aromatic carbocycles. The number of hydrogen-bond donors (Lipinski definition) is 2. The SMILES string of the molecule is CCC(CNC(=O)c1cc(F)ccc1C)(C(=O)O)c1ccccc1. The van der Waals surface area contributed by atoms with Crippen LogP contribution in [0.4, 0.5) is 4.39 Å². The molecule has 2 N–H and O–H groups in total. The lowest BCUT2D eigenvalue weighted by Gasteiger charge is -2.29. The molecule has 5 heteroatoms. The first-order valence-electron chi connectivity index (χ1n) is 7.74. The smallest absolute Gasteiger partial charge is 0.315 e. The summed E-state index contributed by atoms with van der Waals surface area (Å²) in [6.45, 7) is 3.40. The number of hydrogen-bond acceptors (Lipinski definition) is 2. The van der Waals surface area contributed by atoms with Crippen LogP contribution in [0.25, 0.3) is 0 Å². The van der Waals surface area contributed by atoms with Crippen LogP contribution < -0.4 is 5.32 Å². The minimum Gasteiger partial charge on any atom is -0.481 e. The lowest BCUT2D eigenvalue weighted by molar-refractivity contribution is -0.143. The molecule has 0 radical (unpaired) electrons. The standard InChI is InChI=1S/C19H20FNO3/c1-3-19(18(23)24,14-7-5-4-6-8-14)12-21-17(22)16-11-15(20)10-9-13(16)2/h4-11H,3,12H2,1-2H3,(H,21,22)(H,23,24).